The zero-order valence-electron chi connectivity index (χ0n) is 12.5. The van der Waals surface area contributed by atoms with Gasteiger partial charge in [-0.25, -0.2) is 0 Å². The fourth-order valence-electron chi connectivity index (χ4n) is 3.51. The van der Waals surface area contributed by atoms with E-state index in [-0.39, 0.29) is 23.8 Å². The number of piperidine rings is 3. The van der Waals surface area contributed by atoms with Crippen LogP contribution in [0.1, 0.15) is 22.5 Å². The van der Waals surface area contributed by atoms with Crippen LogP contribution in [0, 0.1) is 5.92 Å². The van der Waals surface area contributed by atoms with Crippen molar-refractivity contribution in [3.8, 4) is 0 Å². The summed E-state index contributed by atoms with van der Waals surface area (Å²) in [6.45, 7) is 3.38. The van der Waals surface area contributed by atoms with Crippen molar-refractivity contribution in [2.75, 3.05) is 19.6 Å². The van der Waals surface area contributed by atoms with E-state index < -0.39 is 0 Å². The molecule has 126 valence electrons. The maximum atomic E-state index is 12.5. The van der Waals surface area contributed by atoms with Gasteiger partial charge in [0.15, 0.2) is 0 Å². The van der Waals surface area contributed by atoms with Gasteiger partial charge in [0.1, 0.15) is 0 Å². The summed E-state index contributed by atoms with van der Waals surface area (Å²) >= 11 is 7.67. The Balaban J connectivity index is 0.000000960. The highest BCUT2D eigenvalue weighted by Gasteiger charge is 2.35. The Kier molecular flexibility index (Phi) is 5.92. The van der Waals surface area contributed by atoms with Crippen molar-refractivity contribution in [1.29, 1.82) is 0 Å². The molecule has 0 aliphatic carbocycles. The second kappa shape index (κ2) is 7.36. The van der Waals surface area contributed by atoms with Crippen LogP contribution in [0.4, 0.5) is 0 Å². The minimum Gasteiger partial charge on any atom is -0.412 e. The topological polar surface area (TPSA) is 63.8 Å². The number of amides is 1. The summed E-state index contributed by atoms with van der Waals surface area (Å²) in [6.07, 6.45) is 2.42. The number of fused-ring (bicyclic) bond motifs is 4. The number of hydrogen-bond donors (Lipinski definition) is 1. The van der Waals surface area contributed by atoms with Gasteiger partial charge in [-0.15, -0.1) is 23.7 Å². The van der Waals surface area contributed by atoms with E-state index in [0.29, 0.717) is 12.0 Å². The first-order valence-corrected chi connectivity index (χ1v) is 8.61. The number of rotatable bonds is 2. The summed E-state index contributed by atoms with van der Waals surface area (Å²) in [7, 11) is 0. The van der Waals surface area contributed by atoms with Crippen molar-refractivity contribution in [2.45, 2.75) is 18.9 Å². The van der Waals surface area contributed by atoms with Gasteiger partial charge in [-0.3, -0.25) is 4.79 Å². The monoisotopic (exact) mass is 374 g/mol. The van der Waals surface area contributed by atoms with Gasteiger partial charge in [0.2, 0.25) is 0 Å². The van der Waals surface area contributed by atoms with Gasteiger partial charge in [0.25, 0.3) is 5.91 Å². The van der Waals surface area contributed by atoms with Crippen LogP contribution in [-0.2, 0) is 0 Å². The lowest BCUT2D eigenvalue weighted by molar-refractivity contribution is 0.0622. The Bertz CT molecular complexity index is 698. The van der Waals surface area contributed by atoms with E-state index in [4.69, 9.17) is 11.6 Å². The normalized spacial score (nSPS) is 25.5. The van der Waals surface area contributed by atoms with E-state index in [0.717, 1.165) is 26.5 Å². The molecule has 0 spiro atoms. The molecule has 3 aliphatic rings. The van der Waals surface area contributed by atoms with E-state index in [2.05, 4.69) is 10.2 Å². The molecule has 1 atom stereocenters. The Morgan fingerprint density at radius 3 is 2.65 bits per heavy atom. The van der Waals surface area contributed by atoms with E-state index in [1.165, 1.54) is 37.3 Å². The number of benzene rings is 1. The van der Waals surface area contributed by atoms with Crippen molar-refractivity contribution in [1.82, 2.24) is 10.2 Å². The number of nitrogens with one attached hydrogen (secondary N) is 1. The molecule has 0 saturated carbocycles. The minimum atomic E-state index is 0. The molecule has 3 N–H and O–H groups in total. The molecule has 2 bridgehead atoms. The summed E-state index contributed by atoms with van der Waals surface area (Å²) in [6, 6.07) is 8.05. The SMILES string of the molecule is Cl.O.O=C(NC1CN2CCC1CC2)c1cc2cccc(Cl)c2s1. The fourth-order valence-corrected chi connectivity index (χ4v) is 4.77. The third kappa shape index (κ3) is 3.49. The highest BCUT2D eigenvalue weighted by molar-refractivity contribution is 7.21. The smallest absolute Gasteiger partial charge is 0.261 e. The average molecular weight is 375 g/mol. The molecular weight excluding hydrogens is 355 g/mol. The molecule has 1 aromatic heterocycles. The molecule has 3 saturated heterocycles. The summed E-state index contributed by atoms with van der Waals surface area (Å²) in [5.41, 5.74) is 0. The highest BCUT2D eigenvalue weighted by atomic mass is 35.5. The average Bonchev–Trinajstić information content (AvgIpc) is 2.94. The highest BCUT2D eigenvalue weighted by Crippen LogP contribution is 2.32. The Hall–Kier alpha value is -0.850. The summed E-state index contributed by atoms with van der Waals surface area (Å²) < 4.78 is 0.998. The number of carbonyl (C=O) groups is 1. The number of nitrogens with zero attached hydrogens (tertiary/aromatic N) is 1. The van der Waals surface area contributed by atoms with Crippen LogP contribution in [0.25, 0.3) is 10.1 Å². The molecule has 1 amide bonds. The summed E-state index contributed by atoms with van der Waals surface area (Å²) in [5, 5.41) is 5.00. The van der Waals surface area contributed by atoms with Crippen LogP contribution in [0.2, 0.25) is 5.02 Å². The molecule has 5 rings (SSSR count). The molecule has 1 unspecified atom stereocenters. The lowest BCUT2D eigenvalue weighted by Gasteiger charge is -2.44. The van der Waals surface area contributed by atoms with Gasteiger partial charge in [0, 0.05) is 12.6 Å². The maximum Gasteiger partial charge on any atom is 0.261 e. The molecule has 1 aromatic carbocycles. The molecule has 0 radical (unpaired) electrons. The van der Waals surface area contributed by atoms with Crippen molar-refractivity contribution in [2.24, 2.45) is 5.92 Å². The largest absolute Gasteiger partial charge is 0.412 e. The van der Waals surface area contributed by atoms with Crippen LogP contribution in [-0.4, -0.2) is 42.0 Å². The minimum absolute atomic E-state index is 0. The third-order valence-electron chi connectivity index (χ3n) is 4.69. The van der Waals surface area contributed by atoms with Gasteiger partial charge in [-0.1, -0.05) is 23.7 Å². The van der Waals surface area contributed by atoms with Crippen molar-refractivity contribution in [3.05, 3.63) is 34.2 Å². The maximum absolute atomic E-state index is 12.5. The zero-order valence-corrected chi connectivity index (χ0v) is 14.9. The van der Waals surface area contributed by atoms with Gasteiger partial charge in [-0.05, 0) is 49.4 Å². The molecule has 7 heteroatoms. The quantitative estimate of drug-likeness (QED) is 0.877. The van der Waals surface area contributed by atoms with Crippen molar-refractivity contribution < 1.29 is 10.3 Å². The second-order valence-corrected chi connectivity index (χ2v) is 7.45. The van der Waals surface area contributed by atoms with Crippen molar-refractivity contribution >= 4 is 51.3 Å². The molecule has 2 aromatic rings. The van der Waals surface area contributed by atoms with Crippen LogP contribution in [0.3, 0.4) is 0 Å². The second-order valence-electron chi connectivity index (χ2n) is 5.99. The van der Waals surface area contributed by atoms with Gasteiger partial charge in [0.05, 0.1) is 14.6 Å². The number of halogens is 2. The van der Waals surface area contributed by atoms with Gasteiger partial charge >= 0.3 is 0 Å². The number of thiophene rings is 1. The van der Waals surface area contributed by atoms with Crippen LogP contribution >= 0.6 is 35.3 Å². The third-order valence-corrected chi connectivity index (χ3v) is 6.30. The predicted molar refractivity (Wildman–Crippen MR) is 98.1 cm³/mol. The molecule has 4 heterocycles. The Morgan fingerprint density at radius 2 is 2.04 bits per heavy atom. The van der Waals surface area contributed by atoms with Crippen LogP contribution in [0.5, 0.6) is 0 Å². The molecule has 4 nitrogen and oxygen atoms in total. The molecular formula is C16H20Cl2N2O2S. The first kappa shape index (κ1) is 18.5. The van der Waals surface area contributed by atoms with E-state index >= 15 is 0 Å². The summed E-state index contributed by atoms with van der Waals surface area (Å²) in [5.74, 6) is 0.697. The van der Waals surface area contributed by atoms with Crippen LogP contribution in [0.15, 0.2) is 24.3 Å². The zero-order chi connectivity index (χ0) is 14.4. The van der Waals surface area contributed by atoms with Crippen molar-refractivity contribution in [3.63, 3.8) is 0 Å². The van der Waals surface area contributed by atoms with E-state index in [1.807, 2.05) is 24.3 Å². The fraction of sp³-hybridized carbons (Fsp3) is 0.438. The standard InChI is InChI=1S/C16H17ClN2OS.ClH.H2O/c17-12-3-1-2-11-8-14(21-15(11)12)16(20)18-13-9-19-6-4-10(13)5-7-19;;/h1-3,8,10,13H,4-7,9H2,(H,18,20);1H;1H2. The Labute approximate surface area is 150 Å². The number of carbonyl (C=O) groups excluding carboxylic acids is 1. The lowest BCUT2D eigenvalue weighted by atomic mass is 9.84. The van der Waals surface area contributed by atoms with Gasteiger partial charge < -0.3 is 15.7 Å². The first-order chi connectivity index (χ1) is 10.2. The van der Waals surface area contributed by atoms with E-state index in [9.17, 15) is 4.79 Å². The number of hydrogen-bond acceptors (Lipinski definition) is 3. The molecule has 23 heavy (non-hydrogen) atoms. The van der Waals surface area contributed by atoms with E-state index in [1.54, 1.807) is 0 Å². The predicted octanol–water partition coefficient (Wildman–Crippen LogP) is 2.98. The first-order valence-electron chi connectivity index (χ1n) is 7.42. The van der Waals surface area contributed by atoms with Crippen LogP contribution < -0.4 is 5.32 Å². The Morgan fingerprint density at radius 1 is 1.30 bits per heavy atom. The van der Waals surface area contributed by atoms with Gasteiger partial charge in [-0.2, -0.15) is 0 Å². The summed E-state index contributed by atoms with van der Waals surface area (Å²) in [4.78, 5) is 15.7. The molecule has 3 aliphatic heterocycles. The molecule has 3 fully saturated rings. The lowest BCUT2D eigenvalue weighted by Crippen LogP contribution is -2.57.